The zero-order chi connectivity index (χ0) is 9.97. The molecule has 0 aromatic heterocycles. The Hall–Kier alpha value is -1.51. The molecule has 0 spiro atoms. The first-order valence-corrected chi connectivity index (χ1v) is 4.70. The fourth-order valence-corrected chi connectivity index (χ4v) is 1.71. The Morgan fingerprint density at radius 3 is 3.00 bits per heavy atom. The summed E-state index contributed by atoms with van der Waals surface area (Å²) in [6.07, 6.45) is 2.92. The summed E-state index contributed by atoms with van der Waals surface area (Å²) in [6.45, 7) is 0. The summed E-state index contributed by atoms with van der Waals surface area (Å²) >= 11 is 0. The van der Waals surface area contributed by atoms with E-state index in [9.17, 15) is 0 Å². The lowest BCUT2D eigenvalue weighted by molar-refractivity contribution is 0.289. The number of hydrogen-bond acceptors (Lipinski definition) is 3. The van der Waals surface area contributed by atoms with E-state index in [2.05, 4.69) is 17.2 Å². The van der Waals surface area contributed by atoms with Gasteiger partial charge < -0.3 is 4.74 Å². The highest BCUT2D eigenvalue weighted by Gasteiger charge is 2.19. The van der Waals surface area contributed by atoms with Gasteiger partial charge in [-0.25, -0.2) is 0 Å². The Bertz CT molecular complexity index is 349. The Balaban J connectivity index is 2.23. The highest BCUT2D eigenvalue weighted by Crippen LogP contribution is 2.28. The van der Waals surface area contributed by atoms with Gasteiger partial charge >= 0.3 is 0 Å². The fraction of sp³-hybridized carbons (Fsp3) is 0.364. The number of ether oxygens (including phenoxy) is 1. The zero-order valence-electron chi connectivity index (χ0n) is 8.47. The van der Waals surface area contributed by atoms with E-state index in [0.29, 0.717) is 6.04 Å². The van der Waals surface area contributed by atoms with E-state index >= 15 is 0 Å². The topological polar surface area (TPSA) is 24.8 Å². The zero-order valence-corrected chi connectivity index (χ0v) is 8.47. The minimum absolute atomic E-state index is 0.366. The molecule has 1 aromatic carbocycles. The van der Waals surface area contributed by atoms with E-state index in [0.717, 1.165) is 12.2 Å². The largest absolute Gasteiger partial charge is 0.497 e. The maximum Gasteiger partial charge on any atom is 0.119 e. The lowest BCUT2D eigenvalue weighted by atomic mass is 10.0. The monoisotopic (exact) mass is 190 g/mol. The molecule has 1 aliphatic rings. The second kappa shape index (κ2) is 3.70. The molecule has 1 aromatic rings. The minimum atomic E-state index is 0.366. The van der Waals surface area contributed by atoms with Crippen LogP contribution in [0.2, 0.25) is 0 Å². The number of hydrazone groups is 1. The van der Waals surface area contributed by atoms with E-state index in [1.807, 2.05) is 30.4 Å². The van der Waals surface area contributed by atoms with Crippen LogP contribution in [0.5, 0.6) is 5.75 Å². The number of rotatable bonds is 2. The molecule has 0 aliphatic carbocycles. The van der Waals surface area contributed by atoms with Crippen LogP contribution in [-0.4, -0.2) is 25.4 Å². The molecule has 14 heavy (non-hydrogen) atoms. The highest BCUT2D eigenvalue weighted by molar-refractivity contribution is 5.60. The molecule has 1 aliphatic heterocycles. The van der Waals surface area contributed by atoms with Gasteiger partial charge in [0.2, 0.25) is 0 Å². The van der Waals surface area contributed by atoms with Crippen molar-refractivity contribution in [2.24, 2.45) is 5.10 Å². The van der Waals surface area contributed by atoms with Crippen LogP contribution in [0.15, 0.2) is 29.4 Å². The first-order valence-electron chi connectivity index (χ1n) is 4.70. The van der Waals surface area contributed by atoms with Crippen molar-refractivity contribution in [1.82, 2.24) is 5.01 Å². The molecule has 1 unspecified atom stereocenters. The molecule has 74 valence electrons. The minimum Gasteiger partial charge on any atom is -0.497 e. The van der Waals surface area contributed by atoms with Crippen molar-refractivity contribution >= 4 is 6.21 Å². The van der Waals surface area contributed by atoms with Crippen LogP contribution < -0.4 is 4.74 Å². The molecule has 0 amide bonds. The molecule has 0 bridgehead atoms. The van der Waals surface area contributed by atoms with Crippen molar-refractivity contribution in [2.45, 2.75) is 12.5 Å². The van der Waals surface area contributed by atoms with Gasteiger partial charge in [0.15, 0.2) is 0 Å². The first-order chi connectivity index (χ1) is 6.81. The van der Waals surface area contributed by atoms with Crippen molar-refractivity contribution in [3.63, 3.8) is 0 Å². The van der Waals surface area contributed by atoms with E-state index in [1.54, 1.807) is 7.11 Å². The first kappa shape index (κ1) is 9.06. The molecule has 2 rings (SSSR count). The smallest absolute Gasteiger partial charge is 0.119 e. The molecule has 3 heteroatoms. The SMILES string of the molecule is COc1cccc(C2CC=NN2C)c1. The lowest BCUT2D eigenvalue weighted by Gasteiger charge is -2.19. The fourth-order valence-electron chi connectivity index (χ4n) is 1.71. The Labute approximate surface area is 84.0 Å². The highest BCUT2D eigenvalue weighted by atomic mass is 16.5. The van der Waals surface area contributed by atoms with Gasteiger partial charge in [0.1, 0.15) is 5.75 Å². The molecule has 1 heterocycles. The van der Waals surface area contributed by atoms with E-state index < -0.39 is 0 Å². The quantitative estimate of drug-likeness (QED) is 0.713. The summed E-state index contributed by atoms with van der Waals surface area (Å²) < 4.78 is 5.19. The van der Waals surface area contributed by atoms with E-state index in [4.69, 9.17) is 4.74 Å². The van der Waals surface area contributed by atoms with Crippen LogP contribution in [-0.2, 0) is 0 Å². The van der Waals surface area contributed by atoms with Gasteiger partial charge in [0, 0.05) is 19.7 Å². The summed E-state index contributed by atoms with van der Waals surface area (Å²) in [5, 5.41) is 6.20. The predicted molar refractivity (Wildman–Crippen MR) is 56.6 cm³/mol. The molecule has 0 radical (unpaired) electrons. The number of hydrogen-bond donors (Lipinski definition) is 0. The molecule has 1 atom stereocenters. The van der Waals surface area contributed by atoms with Crippen molar-refractivity contribution in [3.05, 3.63) is 29.8 Å². The predicted octanol–water partition coefficient (Wildman–Crippen LogP) is 2.06. The average molecular weight is 190 g/mol. The maximum atomic E-state index is 5.19. The Morgan fingerprint density at radius 2 is 2.36 bits per heavy atom. The molecular formula is C11H14N2O. The summed E-state index contributed by atoms with van der Waals surface area (Å²) in [4.78, 5) is 0. The van der Waals surface area contributed by atoms with Gasteiger partial charge in [-0.2, -0.15) is 5.10 Å². The summed E-state index contributed by atoms with van der Waals surface area (Å²) in [6, 6.07) is 8.51. The van der Waals surface area contributed by atoms with Gasteiger partial charge in [-0.1, -0.05) is 12.1 Å². The van der Waals surface area contributed by atoms with Crippen molar-refractivity contribution in [1.29, 1.82) is 0 Å². The number of methoxy groups -OCH3 is 1. The van der Waals surface area contributed by atoms with Crippen LogP contribution in [0.1, 0.15) is 18.0 Å². The van der Waals surface area contributed by atoms with Crippen molar-refractivity contribution < 1.29 is 4.74 Å². The van der Waals surface area contributed by atoms with Crippen LogP contribution in [0.3, 0.4) is 0 Å². The van der Waals surface area contributed by atoms with E-state index in [-0.39, 0.29) is 0 Å². The summed E-state index contributed by atoms with van der Waals surface area (Å²) in [5.74, 6) is 0.905. The summed E-state index contributed by atoms with van der Waals surface area (Å²) in [5.41, 5.74) is 1.25. The summed E-state index contributed by atoms with van der Waals surface area (Å²) in [7, 11) is 3.68. The molecular weight excluding hydrogens is 176 g/mol. The lowest BCUT2D eigenvalue weighted by Crippen LogP contribution is -2.13. The molecule has 0 saturated carbocycles. The van der Waals surface area contributed by atoms with Gasteiger partial charge in [-0.15, -0.1) is 0 Å². The van der Waals surface area contributed by atoms with Gasteiger partial charge in [0.25, 0.3) is 0 Å². The van der Waals surface area contributed by atoms with Crippen LogP contribution >= 0.6 is 0 Å². The molecule has 0 saturated heterocycles. The number of benzene rings is 1. The van der Waals surface area contributed by atoms with Crippen LogP contribution in [0, 0.1) is 0 Å². The van der Waals surface area contributed by atoms with Gasteiger partial charge in [-0.3, -0.25) is 5.01 Å². The van der Waals surface area contributed by atoms with Crippen molar-refractivity contribution in [2.75, 3.05) is 14.2 Å². The normalized spacial score (nSPS) is 20.1. The molecule has 0 N–H and O–H groups in total. The average Bonchev–Trinajstić information content (AvgIpc) is 2.65. The van der Waals surface area contributed by atoms with Gasteiger partial charge in [0.05, 0.1) is 13.2 Å². The second-order valence-electron chi connectivity index (χ2n) is 3.40. The third-order valence-corrected chi connectivity index (χ3v) is 2.52. The third kappa shape index (κ3) is 1.58. The maximum absolute atomic E-state index is 5.19. The van der Waals surface area contributed by atoms with Gasteiger partial charge in [-0.05, 0) is 17.7 Å². The Morgan fingerprint density at radius 1 is 1.50 bits per heavy atom. The third-order valence-electron chi connectivity index (χ3n) is 2.52. The van der Waals surface area contributed by atoms with E-state index in [1.165, 1.54) is 5.56 Å². The number of nitrogens with zero attached hydrogens (tertiary/aromatic N) is 2. The standard InChI is InChI=1S/C11H14N2O/c1-13-11(6-7-12-13)9-4-3-5-10(8-9)14-2/h3-5,7-8,11H,6H2,1-2H3. The van der Waals surface area contributed by atoms with Crippen molar-refractivity contribution in [3.8, 4) is 5.75 Å². The van der Waals surface area contributed by atoms with Crippen LogP contribution in [0.4, 0.5) is 0 Å². The molecule has 0 fully saturated rings. The Kier molecular flexibility index (Phi) is 2.39. The second-order valence-corrected chi connectivity index (χ2v) is 3.40. The molecule has 3 nitrogen and oxygen atoms in total. The van der Waals surface area contributed by atoms with Crippen LogP contribution in [0.25, 0.3) is 0 Å².